The van der Waals surface area contributed by atoms with Gasteiger partial charge in [-0.1, -0.05) is 52.2 Å². The summed E-state index contributed by atoms with van der Waals surface area (Å²) in [6.45, 7) is 6.77. The second-order valence-electron chi connectivity index (χ2n) is 15.0. The number of piperidine rings is 1. The molecule has 0 bridgehead atoms. The number of rotatable bonds is 13. The zero-order chi connectivity index (χ0) is 38.7. The number of carbonyl (C=O) groups excluding carboxylic acids is 5. The standard InChI is InChI=1S/C41H44N8O6/c1-41(2,3)33-23-34(47-46-33)44-40(54)43-26-13-15-27(16-14-26)48-24-42-30-22-28(17-18-31(30)48)55-21-8-6-4-5-7-10-25-11-9-12-29-36(25)39(53)49(38(29)52)32-19-20-35(50)45-37(32)51/h9,11-18,22-24,32H,4-8,10,19-21H2,1-3H3,(H,45,50,51)(H3,43,44,46,47,54). The molecule has 4 N–H and O–H groups in total. The number of fused-ring (bicyclic) bond motifs is 2. The minimum Gasteiger partial charge on any atom is -0.494 e. The second-order valence-corrected chi connectivity index (χ2v) is 15.0. The number of hydrogen-bond acceptors (Lipinski definition) is 8. The van der Waals surface area contributed by atoms with E-state index in [9.17, 15) is 24.0 Å². The second kappa shape index (κ2) is 15.6. The number of imide groups is 2. The molecule has 14 heteroatoms. The average molecular weight is 745 g/mol. The van der Waals surface area contributed by atoms with E-state index in [2.05, 4.69) is 51.9 Å². The van der Waals surface area contributed by atoms with Crippen molar-refractivity contribution < 1.29 is 28.7 Å². The molecule has 0 radical (unpaired) electrons. The van der Waals surface area contributed by atoms with Crippen molar-refractivity contribution in [3.05, 3.63) is 95.4 Å². The number of aromatic amines is 1. The lowest BCUT2D eigenvalue weighted by atomic mass is 9.92. The summed E-state index contributed by atoms with van der Waals surface area (Å²) in [6, 6.07) is 19.1. The number of anilines is 2. The van der Waals surface area contributed by atoms with Crippen molar-refractivity contribution in [3.63, 3.8) is 0 Å². The summed E-state index contributed by atoms with van der Waals surface area (Å²) in [5, 5.41) is 15.0. The lowest BCUT2D eigenvalue weighted by molar-refractivity contribution is -0.136. The molecule has 55 heavy (non-hydrogen) atoms. The van der Waals surface area contributed by atoms with Crippen molar-refractivity contribution in [2.75, 3.05) is 17.2 Å². The molecule has 0 spiro atoms. The number of ether oxygens (including phenoxy) is 1. The highest BCUT2D eigenvalue weighted by atomic mass is 16.5. The van der Waals surface area contributed by atoms with E-state index in [-0.39, 0.29) is 24.3 Å². The number of urea groups is 1. The maximum atomic E-state index is 13.3. The number of H-pyrrole nitrogens is 1. The maximum absolute atomic E-state index is 13.3. The van der Waals surface area contributed by atoms with Crippen LogP contribution in [0.15, 0.2) is 73.1 Å². The van der Waals surface area contributed by atoms with Gasteiger partial charge in [-0.25, -0.2) is 9.78 Å². The SMILES string of the molecule is CC(C)(C)c1cc(NC(=O)Nc2ccc(-n3cnc4cc(OCCCCCCCc5cccc6c5C(=O)N(C5CCC(=O)NC5=O)C6=O)ccc43)cc2)n[nH]1. The van der Waals surface area contributed by atoms with Crippen LogP contribution in [0.3, 0.4) is 0 Å². The molecule has 1 atom stereocenters. The third-order valence-corrected chi connectivity index (χ3v) is 9.96. The number of amides is 6. The molecule has 14 nitrogen and oxygen atoms in total. The van der Waals surface area contributed by atoms with Crippen LogP contribution in [0.4, 0.5) is 16.3 Å². The van der Waals surface area contributed by atoms with E-state index in [1.807, 2.05) is 59.2 Å². The van der Waals surface area contributed by atoms with Crippen LogP contribution in [0.1, 0.15) is 97.7 Å². The van der Waals surface area contributed by atoms with Crippen LogP contribution in [-0.4, -0.2) is 67.0 Å². The van der Waals surface area contributed by atoms with E-state index < -0.39 is 29.7 Å². The van der Waals surface area contributed by atoms with Gasteiger partial charge in [0.2, 0.25) is 11.8 Å². The van der Waals surface area contributed by atoms with Crippen LogP contribution >= 0.6 is 0 Å². The van der Waals surface area contributed by atoms with Gasteiger partial charge in [-0.3, -0.25) is 44.4 Å². The predicted octanol–water partition coefficient (Wildman–Crippen LogP) is 6.66. The van der Waals surface area contributed by atoms with Gasteiger partial charge in [0.05, 0.1) is 28.8 Å². The van der Waals surface area contributed by atoms with Crippen molar-refractivity contribution in [2.24, 2.45) is 0 Å². The molecule has 1 saturated heterocycles. The van der Waals surface area contributed by atoms with Crippen LogP contribution in [0, 0.1) is 0 Å². The quantitative estimate of drug-likeness (QED) is 0.0763. The fourth-order valence-corrected chi connectivity index (χ4v) is 6.97. The van der Waals surface area contributed by atoms with E-state index in [1.54, 1.807) is 18.5 Å². The number of aryl methyl sites for hydroxylation is 1. The van der Waals surface area contributed by atoms with Gasteiger partial charge in [0, 0.05) is 41.0 Å². The number of carbonyl (C=O) groups is 5. The zero-order valence-electron chi connectivity index (χ0n) is 31.1. The van der Waals surface area contributed by atoms with Crippen LogP contribution in [-0.2, 0) is 21.4 Å². The molecule has 3 aromatic carbocycles. The first-order valence-electron chi connectivity index (χ1n) is 18.6. The smallest absolute Gasteiger partial charge is 0.324 e. The molecule has 6 amide bonds. The van der Waals surface area contributed by atoms with Crippen LogP contribution < -0.4 is 20.7 Å². The first kappa shape index (κ1) is 37.0. The number of nitrogens with zero attached hydrogens (tertiary/aromatic N) is 4. The minimum atomic E-state index is -0.966. The fraction of sp³-hybridized carbons (Fsp3) is 0.341. The molecule has 284 valence electrons. The number of nitrogens with one attached hydrogen (secondary N) is 4. The molecule has 0 saturated carbocycles. The van der Waals surface area contributed by atoms with Crippen molar-refractivity contribution in [1.82, 2.24) is 30.0 Å². The topological polar surface area (TPSA) is 180 Å². The number of imidazole rings is 1. The van der Waals surface area contributed by atoms with Gasteiger partial charge >= 0.3 is 6.03 Å². The monoisotopic (exact) mass is 744 g/mol. The van der Waals surface area contributed by atoms with E-state index in [0.29, 0.717) is 35.7 Å². The van der Waals surface area contributed by atoms with Crippen LogP contribution in [0.5, 0.6) is 5.75 Å². The van der Waals surface area contributed by atoms with Crippen molar-refractivity contribution in [3.8, 4) is 11.4 Å². The summed E-state index contributed by atoms with van der Waals surface area (Å²) in [5.41, 5.74) is 5.60. The summed E-state index contributed by atoms with van der Waals surface area (Å²) in [4.78, 5) is 68.5. The highest BCUT2D eigenvalue weighted by Gasteiger charge is 2.45. The Balaban J connectivity index is 0.836. The summed E-state index contributed by atoms with van der Waals surface area (Å²) in [6.07, 6.45) is 7.33. The van der Waals surface area contributed by atoms with Crippen molar-refractivity contribution >= 4 is 52.2 Å². The zero-order valence-corrected chi connectivity index (χ0v) is 31.1. The van der Waals surface area contributed by atoms with Crippen LogP contribution in [0.2, 0.25) is 0 Å². The summed E-state index contributed by atoms with van der Waals surface area (Å²) >= 11 is 0. The number of hydrogen-bond donors (Lipinski definition) is 4. The normalized spacial score (nSPS) is 15.7. The lowest BCUT2D eigenvalue weighted by Gasteiger charge is -2.27. The Hall–Kier alpha value is -6.31. The third kappa shape index (κ3) is 8.13. The molecule has 4 heterocycles. The molecule has 2 aromatic heterocycles. The number of benzene rings is 3. The number of unbranched alkanes of at least 4 members (excludes halogenated alkanes) is 4. The molecule has 1 fully saturated rings. The van der Waals surface area contributed by atoms with Gasteiger partial charge in [-0.15, -0.1) is 0 Å². The molecule has 5 aromatic rings. The van der Waals surface area contributed by atoms with E-state index in [0.717, 1.165) is 70.7 Å². The summed E-state index contributed by atoms with van der Waals surface area (Å²) in [7, 11) is 0. The first-order chi connectivity index (χ1) is 26.5. The minimum absolute atomic E-state index is 0.0929. The van der Waals surface area contributed by atoms with Gasteiger partial charge in [-0.2, -0.15) is 5.10 Å². The predicted molar refractivity (Wildman–Crippen MR) is 206 cm³/mol. The Kier molecular flexibility index (Phi) is 10.5. The Morgan fingerprint density at radius 2 is 1.69 bits per heavy atom. The van der Waals surface area contributed by atoms with Gasteiger partial charge in [-0.05, 0) is 73.7 Å². The van der Waals surface area contributed by atoms with Gasteiger partial charge in [0.1, 0.15) is 18.1 Å². The molecule has 1 unspecified atom stereocenters. The Morgan fingerprint density at radius 3 is 2.45 bits per heavy atom. The molecular weight excluding hydrogens is 701 g/mol. The fourth-order valence-electron chi connectivity index (χ4n) is 6.97. The first-order valence-corrected chi connectivity index (χ1v) is 18.6. The van der Waals surface area contributed by atoms with Crippen LogP contribution in [0.25, 0.3) is 16.7 Å². The van der Waals surface area contributed by atoms with Crippen molar-refractivity contribution in [1.29, 1.82) is 0 Å². The van der Waals surface area contributed by atoms with E-state index >= 15 is 0 Å². The number of aromatic nitrogens is 4. The van der Waals surface area contributed by atoms with E-state index in [1.165, 1.54) is 0 Å². The third-order valence-electron chi connectivity index (χ3n) is 9.96. The molecule has 7 rings (SSSR count). The maximum Gasteiger partial charge on any atom is 0.324 e. The summed E-state index contributed by atoms with van der Waals surface area (Å²) in [5.74, 6) is -0.734. The van der Waals surface area contributed by atoms with Gasteiger partial charge in [0.25, 0.3) is 11.8 Å². The lowest BCUT2D eigenvalue weighted by Crippen LogP contribution is -2.54. The molecule has 2 aliphatic rings. The molecule has 2 aliphatic heterocycles. The van der Waals surface area contributed by atoms with Gasteiger partial charge in [0.15, 0.2) is 5.82 Å². The molecule has 0 aliphatic carbocycles. The Morgan fingerprint density at radius 1 is 0.909 bits per heavy atom. The van der Waals surface area contributed by atoms with Crippen molar-refractivity contribution in [2.45, 2.75) is 83.6 Å². The average Bonchev–Trinajstić information content (AvgIpc) is 3.87. The Bertz CT molecular complexity index is 2270. The van der Waals surface area contributed by atoms with E-state index in [4.69, 9.17) is 4.74 Å². The largest absolute Gasteiger partial charge is 0.494 e. The highest BCUT2D eigenvalue weighted by molar-refractivity contribution is 6.24. The summed E-state index contributed by atoms with van der Waals surface area (Å²) < 4.78 is 8.02. The van der Waals surface area contributed by atoms with Gasteiger partial charge < -0.3 is 10.1 Å². The molecular formula is C41H44N8O6. The Labute approximate surface area is 318 Å². The highest BCUT2D eigenvalue weighted by Crippen LogP contribution is 2.31.